The summed E-state index contributed by atoms with van der Waals surface area (Å²) in [6, 6.07) is 0. The van der Waals surface area contributed by atoms with Crippen molar-refractivity contribution in [2.24, 2.45) is 17.6 Å². The minimum Gasteiger partial charge on any atom is -0.330 e. The lowest BCUT2D eigenvalue weighted by atomic mass is 9.78. The van der Waals surface area contributed by atoms with Crippen molar-refractivity contribution >= 4 is 0 Å². The van der Waals surface area contributed by atoms with Gasteiger partial charge in [-0.3, -0.25) is 0 Å². The Bertz CT molecular complexity index is 117. The Kier molecular flexibility index (Phi) is 6.25. The van der Waals surface area contributed by atoms with Crippen molar-refractivity contribution in [3.63, 3.8) is 0 Å². The van der Waals surface area contributed by atoms with Crippen molar-refractivity contribution in [2.75, 3.05) is 6.54 Å². The van der Waals surface area contributed by atoms with Crippen molar-refractivity contribution < 1.29 is 0 Å². The molecule has 14 heavy (non-hydrogen) atoms. The summed E-state index contributed by atoms with van der Waals surface area (Å²) in [5.74, 6) is 1.93. The second kappa shape index (κ2) is 7.28. The molecule has 0 bridgehead atoms. The highest BCUT2D eigenvalue weighted by Gasteiger charge is 2.20. The third-order valence-electron chi connectivity index (χ3n) is 3.76. The maximum Gasteiger partial charge on any atom is -0.00745 e. The largest absolute Gasteiger partial charge is 0.330 e. The molecule has 84 valence electrons. The Morgan fingerprint density at radius 2 is 1.50 bits per heavy atom. The fourth-order valence-corrected chi connectivity index (χ4v) is 2.98. The highest BCUT2D eigenvalue weighted by atomic mass is 14.5. The maximum atomic E-state index is 5.71. The number of rotatable bonds is 4. The van der Waals surface area contributed by atoms with Gasteiger partial charge in [0, 0.05) is 0 Å². The molecule has 2 atom stereocenters. The van der Waals surface area contributed by atoms with Crippen LogP contribution in [-0.4, -0.2) is 6.54 Å². The first-order chi connectivity index (χ1) is 6.88. The van der Waals surface area contributed by atoms with Gasteiger partial charge in [-0.2, -0.15) is 0 Å². The van der Waals surface area contributed by atoms with E-state index in [4.69, 9.17) is 5.73 Å². The summed E-state index contributed by atoms with van der Waals surface area (Å²) in [5.41, 5.74) is 5.71. The molecule has 2 unspecified atom stereocenters. The summed E-state index contributed by atoms with van der Waals surface area (Å²) in [7, 11) is 0. The number of hydrogen-bond acceptors (Lipinski definition) is 1. The van der Waals surface area contributed by atoms with E-state index in [0.29, 0.717) is 0 Å². The van der Waals surface area contributed by atoms with Gasteiger partial charge in [0.2, 0.25) is 0 Å². The second-order valence-electron chi connectivity index (χ2n) is 4.88. The average Bonchev–Trinajstić information content (AvgIpc) is 2.16. The highest BCUT2D eigenvalue weighted by molar-refractivity contribution is 4.73. The minimum absolute atomic E-state index is 0.894. The van der Waals surface area contributed by atoms with Crippen molar-refractivity contribution in [1.29, 1.82) is 0 Å². The smallest absolute Gasteiger partial charge is 0.00745 e. The molecule has 0 heterocycles. The first kappa shape index (κ1) is 12.0. The summed E-state index contributed by atoms with van der Waals surface area (Å²) >= 11 is 0. The van der Waals surface area contributed by atoms with Gasteiger partial charge in [-0.05, 0) is 24.8 Å². The molecule has 1 nitrogen and oxygen atoms in total. The second-order valence-corrected chi connectivity index (χ2v) is 4.88. The Labute approximate surface area is 89.5 Å². The van der Waals surface area contributed by atoms with Crippen LogP contribution in [0.1, 0.15) is 64.7 Å². The lowest BCUT2D eigenvalue weighted by molar-refractivity contribution is 0.235. The molecule has 1 heteroatoms. The summed E-state index contributed by atoms with van der Waals surface area (Å²) in [6.45, 7) is 3.21. The number of nitrogens with two attached hydrogens (primary N) is 1. The van der Waals surface area contributed by atoms with Gasteiger partial charge in [-0.1, -0.05) is 58.3 Å². The van der Waals surface area contributed by atoms with E-state index in [2.05, 4.69) is 6.92 Å². The Hall–Kier alpha value is -0.0400. The predicted octanol–water partition coefficient (Wildman–Crippen LogP) is 3.72. The van der Waals surface area contributed by atoms with Crippen LogP contribution in [0.3, 0.4) is 0 Å². The molecule has 0 radical (unpaired) electrons. The zero-order valence-electron chi connectivity index (χ0n) is 9.80. The molecule has 1 rings (SSSR count). The Morgan fingerprint density at radius 1 is 0.929 bits per heavy atom. The highest BCUT2D eigenvalue weighted by Crippen LogP contribution is 2.32. The van der Waals surface area contributed by atoms with Crippen LogP contribution in [0.4, 0.5) is 0 Å². The van der Waals surface area contributed by atoms with E-state index in [1.165, 1.54) is 57.8 Å². The normalized spacial score (nSPS) is 29.6. The standard InChI is InChI=1S/C13H27N/c1-2-7-12-8-5-3-4-6-9-13(12)10-11-14/h12-13H,2-11,14H2,1H3. The molecular formula is C13H27N. The van der Waals surface area contributed by atoms with Crippen molar-refractivity contribution in [3.05, 3.63) is 0 Å². The van der Waals surface area contributed by atoms with Gasteiger partial charge in [-0.15, -0.1) is 0 Å². The summed E-state index contributed by atoms with van der Waals surface area (Å²) < 4.78 is 0. The lowest BCUT2D eigenvalue weighted by Gasteiger charge is -2.28. The molecule has 0 aromatic heterocycles. The quantitative estimate of drug-likeness (QED) is 0.730. The van der Waals surface area contributed by atoms with Crippen LogP contribution in [0.15, 0.2) is 0 Å². The van der Waals surface area contributed by atoms with Crippen LogP contribution in [-0.2, 0) is 0 Å². The van der Waals surface area contributed by atoms with Crippen molar-refractivity contribution in [2.45, 2.75) is 64.7 Å². The van der Waals surface area contributed by atoms with Crippen molar-refractivity contribution in [3.8, 4) is 0 Å². The third kappa shape index (κ3) is 4.00. The maximum absolute atomic E-state index is 5.71. The van der Waals surface area contributed by atoms with E-state index in [1.807, 2.05) is 0 Å². The molecule has 1 saturated carbocycles. The molecule has 0 aliphatic heterocycles. The molecule has 0 amide bonds. The fourth-order valence-electron chi connectivity index (χ4n) is 2.98. The van der Waals surface area contributed by atoms with E-state index < -0.39 is 0 Å². The monoisotopic (exact) mass is 197 g/mol. The Morgan fingerprint density at radius 3 is 2.00 bits per heavy atom. The molecule has 0 aromatic rings. The van der Waals surface area contributed by atoms with E-state index in [1.54, 1.807) is 0 Å². The van der Waals surface area contributed by atoms with Gasteiger partial charge in [0.25, 0.3) is 0 Å². The van der Waals surface area contributed by atoms with E-state index in [-0.39, 0.29) is 0 Å². The minimum atomic E-state index is 0.894. The average molecular weight is 197 g/mol. The van der Waals surface area contributed by atoms with Gasteiger partial charge < -0.3 is 5.73 Å². The summed E-state index contributed by atoms with van der Waals surface area (Å²) in [4.78, 5) is 0. The van der Waals surface area contributed by atoms with Gasteiger partial charge in [0.1, 0.15) is 0 Å². The molecule has 0 spiro atoms. The van der Waals surface area contributed by atoms with Gasteiger partial charge in [0.15, 0.2) is 0 Å². The molecule has 1 fully saturated rings. The third-order valence-corrected chi connectivity index (χ3v) is 3.76. The molecule has 0 aromatic carbocycles. The zero-order chi connectivity index (χ0) is 10.2. The molecular weight excluding hydrogens is 170 g/mol. The van der Waals surface area contributed by atoms with Gasteiger partial charge in [0.05, 0.1) is 0 Å². The van der Waals surface area contributed by atoms with Crippen LogP contribution in [0, 0.1) is 11.8 Å². The zero-order valence-corrected chi connectivity index (χ0v) is 9.80. The fraction of sp³-hybridized carbons (Fsp3) is 1.00. The topological polar surface area (TPSA) is 26.0 Å². The van der Waals surface area contributed by atoms with Crippen LogP contribution < -0.4 is 5.73 Å². The molecule has 0 saturated heterocycles. The summed E-state index contributed by atoms with van der Waals surface area (Å²) in [6.07, 6.45) is 12.8. The van der Waals surface area contributed by atoms with E-state index >= 15 is 0 Å². The first-order valence-electron chi connectivity index (χ1n) is 6.58. The Balaban J connectivity index is 2.42. The molecule has 1 aliphatic carbocycles. The van der Waals surface area contributed by atoms with Gasteiger partial charge in [-0.25, -0.2) is 0 Å². The van der Waals surface area contributed by atoms with E-state index in [0.717, 1.165) is 18.4 Å². The van der Waals surface area contributed by atoms with Crippen LogP contribution in [0.5, 0.6) is 0 Å². The van der Waals surface area contributed by atoms with Crippen molar-refractivity contribution in [1.82, 2.24) is 0 Å². The van der Waals surface area contributed by atoms with E-state index in [9.17, 15) is 0 Å². The SMILES string of the molecule is CCCC1CCCCCCC1CCN. The lowest BCUT2D eigenvalue weighted by Crippen LogP contribution is -2.20. The molecule has 1 aliphatic rings. The van der Waals surface area contributed by atoms with Gasteiger partial charge >= 0.3 is 0 Å². The predicted molar refractivity (Wildman–Crippen MR) is 63.3 cm³/mol. The van der Waals surface area contributed by atoms with Crippen LogP contribution >= 0.6 is 0 Å². The van der Waals surface area contributed by atoms with Crippen LogP contribution in [0.2, 0.25) is 0 Å². The number of hydrogen-bond donors (Lipinski definition) is 1. The molecule has 2 N–H and O–H groups in total. The first-order valence-corrected chi connectivity index (χ1v) is 6.58. The van der Waals surface area contributed by atoms with Crippen LogP contribution in [0.25, 0.3) is 0 Å². The summed E-state index contributed by atoms with van der Waals surface area (Å²) in [5, 5.41) is 0.